The Bertz CT molecular complexity index is 5290. The number of aromatic nitrogens is 3. The van der Waals surface area contributed by atoms with Crippen LogP contribution < -0.4 is 0 Å². The molecule has 17 aromatic rings. The van der Waals surface area contributed by atoms with E-state index in [4.69, 9.17) is 9.26 Å². The van der Waals surface area contributed by atoms with Gasteiger partial charge in [0, 0.05) is 79.6 Å². The number of hydrogen-bond acceptors (Lipinski definition) is 4. The van der Waals surface area contributed by atoms with Gasteiger partial charge in [-0.3, -0.25) is 0 Å². The third-order valence-electron chi connectivity index (χ3n) is 15.9. The van der Waals surface area contributed by atoms with E-state index in [1.165, 1.54) is 20.2 Å². The van der Waals surface area contributed by atoms with Gasteiger partial charge >= 0.3 is 0 Å². The molecule has 0 saturated heterocycles. The molecular formula is C68H35N5OS2. The van der Waals surface area contributed by atoms with Crippen molar-refractivity contribution >= 4 is 156 Å². The van der Waals surface area contributed by atoms with Crippen molar-refractivity contribution in [3.63, 3.8) is 0 Å². The van der Waals surface area contributed by atoms with Gasteiger partial charge in [-0.2, -0.15) is 5.26 Å². The highest BCUT2D eigenvalue weighted by atomic mass is 32.1. The minimum atomic E-state index is 0.350. The van der Waals surface area contributed by atoms with Crippen LogP contribution in [0.2, 0.25) is 0 Å². The number of nitrogens with zero attached hydrogens (tertiary/aromatic N) is 5. The Morgan fingerprint density at radius 2 is 0.829 bits per heavy atom. The zero-order chi connectivity index (χ0) is 49.9. The molecule has 8 heteroatoms. The number of hydrogen-bond donors (Lipinski definition) is 0. The average molecular weight is 1000 g/mol. The van der Waals surface area contributed by atoms with Crippen LogP contribution in [0, 0.1) is 17.9 Å². The smallest absolute Gasteiger partial charge is 0.236 e. The fourth-order valence-corrected chi connectivity index (χ4v) is 15.3. The quantitative estimate of drug-likeness (QED) is 0.165. The lowest BCUT2D eigenvalue weighted by atomic mass is 9.93. The van der Waals surface area contributed by atoms with Crippen LogP contribution in [0.5, 0.6) is 0 Å². The number of para-hydroxylation sites is 4. The van der Waals surface area contributed by atoms with Gasteiger partial charge in [-0.15, -0.1) is 22.7 Å². The summed E-state index contributed by atoms with van der Waals surface area (Å²) in [5, 5.41) is 25.5. The molecule has 6 heterocycles. The number of fused-ring (bicyclic) bond motifs is 21. The highest BCUT2D eigenvalue weighted by molar-refractivity contribution is 7.27. The number of thiophene rings is 2. The third-order valence-corrected chi connectivity index (χ3v) is 18.3. The predicted octanol–water partition coefficient (Wildman–Crippen LogP) is 19.7. The van der Waals surface area contributed by atoms with Gasteiger partial charge in [0.15, 0.2) is 5.58 Å². The second-order valence-corrected chi connectivity index (χ2v) is 21.7. The second kappa shape index (κ2) is 15.3. The van der Waals surface area contributed by atoms with Crippen LogP contribution in [0.25, 0.3) is 161 Å². The molecule has 6 nitrogen and oxygen atoms in total. The van der Waals surface area contributed by atoms with Crippen LogP contribution in [-0.4, -0.2) is 13.7 Å². The summed E-state index contributed by atoms with van der Waals surface area (Å²) in [5.41, 5.74) is 11.3. The molecule has 0 spiro atoms. The molecule has 0 atom stereocenters. The van der Waals surface area contributed by atoms with Gasteiger partial charge in [-0.05, 0) is 48.0 Å². The number of furan rings is 1. The lowest BCUT2D eigenvalue weighted by Crippen LogP contribution is -2.11. The minimum absolute atomic E-state index is 0.350. The van der Waals surface area contributed by atoms with Crippen molar-refractivity contribution < 1.29 is 4.42 Å². The molecule has 0 aliphatic carbocycles. The van der Waals surface area contributed by atoms with E-state index >= 15 is 0 Å². The van der Waals surface area contributed by atoms with Crippen LogP contribution in [0.3, 0.4) is 0 Å². The number of nitriles is 1. The molecule has 0 amide bonds. The van der Waals surface area contributed by atoms with Crippen LogP contribution in [0.4, 0.5) is 5.69 Å². The topological polar surface area (TPSA) is 56.1 Å². The highest BCUT2D eigenvalue weighted by Crippen LogP contribution is 2.55. The monoisotopic (exact) mass is 1000 g/mol. The average Bonchev–Trinajstić information content (AvgIpc) is 4.47. The molecule has 0 N–H and O–H groups in total. The molecule has 17 rings (SSSR count). The maximum absolute atomic E-state index is 12.6. The zero-order valence-corrected chi connectivity index (χ0v) is 41.8. The Balaban J connectivity index is 1.19. The van der Waals surface area contributed by atoms with E-state index in [1.807, 2.05) is 30.3 Å². The van der Waals surface area contributed by atoms with Crippen molar-refractivity contribution in [2.75, 3.05) is 0 Å². The van der Waals surface area contributed by atoms with E-state index in [-0.39, 0.29) is 0 Å². The molecule has 0 saturated carbocycles. The SMILES string of the molecule is [C-]#[N+]c1c(-n2c3ccccc3c3ccc4c5ccccc5oc4c32)c(C#N)c(-n2c3ccccc3c3ccc4c5ccccc5sc4c32)c(-c2ccccc2)c1-n1c2ccccc2c2ccc3c4ccccc4sc3c21. The van der Waals surface area contributed by atoms with Crippen molar-refractivity contribution in [1.82, 2.24) is 13.7 Å². The summed E-state index contributed by atoms with van der Waals surface area (Å²) in [6.45, 7) is 9.84. The van der Waals surface area contributed by atoms with E-state index < -0.39 is 0 Å². The van der Waals surface area contributed by atoms with E-state index in [1.54, 1.807) is 22.7 Å². The normalized spacial score (nSPS) is 12.2. The first-order valence-electron chi connectivity index (χ1n) is 25.3. The van der Waals surface area contributed by atoms with E-state index in [9.17, 15) is 11.8 Å². The molecular weight excluding hydrogens is 967 g/mol. The van der Waals surface area contributed by atoms with Crippen molar-refractivity contribution in [3.8, 4) is 34.3 Å². The van der Waals surface area contributed by atoms with E-state index in [2.05, 4.69) is 202 Å². The summed E-state index contributed by atoms with van der Waals surface area (Å²) in [6, 6.07) is 77.7. The van der Waals surface area contributed by atoms with Crippen molar-refractivity contribution in [3.05, 3.63) is 229 Å². The summed E-state index contributed by atoms with van der Waals surface area (Å²) < 4.78 is 18.6. The van der Waals surface area contributed by atoms with Gasteiger partial charge in [-0.25, -0.2) is 4.85 Å². The molecule has 0 bridgehead atoms. The Hall–Kier alpha value is -9.96. The van der Waals surface area contributed by atoms with Gasteiger partial charge in [0.25, 0.3) is 0 Å². The van der Waals surface area contributed by atoms with Gasteiger partial charge in [0.05, 0.1) is 71.7 Å². The Morgan fingerprint density at radius 3 is 1.38 bits per heavy atom. The molecule has 76 heavy (non-hydrogen) atoms. The van der Waals surface area contributed by atoms with Gasteiger partial charge in [0.1, 0.15) is 11.7 Å². The van der Waals surface area contributed by atoms with Gasteiger partial charge in [-0.1, -0.05) is 170 Å². The minimum Gasteiger partial charge on any atom is -0.454 e. The standard InChI is InChI=1S/C68H35N5OS2/c1-70-59-61(72-53-26-12-5-19-39(53)45-31-34-48-42-22-8-14-28-55(42)74-66(48)62(45)72)51(37-69)60(71-52-25-11-6-20-40(52)46-32-35-49-43-23-9-15-29-56(43)75-67(49)63(46)71)58(38-17-3-2-4-18-38)65(59)73-54-27-13-7-21-41(54)47-33-36-50-44-24-10-16-30-57(44)76-68(50)64(47)73/h2-36H. The first-order chi connectivity index (χ1) is 37.7. The first-order valence-corrected chi connectivity index (χ1v) is 26.9. The fraction of sp³-hybridized carbons (Fsp3) is 0. The largest absolute Gasteiger partial charge is 0.454 e. The molecule has 350 valence electrons. The summed E-state index contributed by atoms with van der Waals surface area (Å²) in [6.07, 6.45) is 0. The van der Waals surface area contributed by atoms with Gasteiger partial charge < -0.3 is 18.1 Å². The van der Waals surface area contributed by atoms with Crippen molar-refractivity contribution in [2.45, 2.75) is 0 Å². The van der Waals surface area contributed by atoms with E-state index in [0.29, 0.717) is 33.9 Å². The first kappa shape index (κ1) is 41.5. The van der Waals surface area contributed by atoms with Crippen LogP contribution >= 0.6 is 22.7 Å². The molecule has 0 fully saturated rings. The molecule has 11 aromatic carbocycles. The molecule has 0 aliphatic heterocycles. The molecule has 0 unspecified atom stereocenters. The van der Waals surface area contributed by atoms with Crippen molar-refractivity contribution in [1.29, 1.82) is 5.26 Å². The number of rotatable bonds is 4. The third kappa shape index (κ3) is 5.30. The maximum Gasteiger partial charge on any atom is 0.236 e. The molecule has 0 aliphatic rings. The lowest BCUT2D eigenvalue weighted by molar-refractivity contribution is 0.671. The summed E-state index contributed by atoms with van der Waals surface area (Å²) >= 11 is 3.57. The van der Waals surface area contributed by atoms with Gasteiger partial charge in [0.2, 0.25) is 5.69 Å². The summed E-state index contributed by atoms with van der Waals surface area (Å²) in [7, 11) is 0. The zero-order valence-electron chi connectivity index (χ0n) is 40.2. The lowest BCUT2D eigenvalue weighted by Gasteiger charge is -2.26. The Morgan fingerprint density at radius 1 is 0.395 bits per heavy atom. The van der Waals surface area contributed by atoms with Crippen LogP contribution in [0.15, 0.2) is 217 Å². The summed E-state index contributed by atoms with van der Waals surface area (Å²) in [4.78, 5) is 4.80. The Kier molecular flexibility index (Phi) is 8.36. The Labute approximate surface area is 440 Å². The second-order valence-electron chi connectivity index (χ2n) is 19.6. The predicted molar refractivity (Wildman–Crippen MR) is 319 cm³/mol. The molecule has 6 aromatic heterocycles. The van der Waals surface area contributed by atoms with Crippen LogP contribution in [0.1, 0.15) is 5.56 Å². The van der Waals surface area contributed by atoms with E-state index in [0.717, 1.165) is 113 Å². The fourth-order valence-electron chi connectivity index (χ4n) is 12.8. The number of benzene rings is 11. The molecule has 0 radical (unpaired) electrons. The summed E-state index contributed by atoms with van der Waals surface area (Å²) in [5.74, 6) is 0. The highest BCUT2D eigenvalue weighted by Gasteiger charge is 2.35. The maximum atomic E-state index is 12.6. The van der Waals surface area contributed by atoms with Crippen molar-refractivity contribution in [2.24, 2.45) is 0 Å². The van der Waals surface area contributed by atoms with Crippen LogP contribution in [-0.2, 0) is 0 Å².